The molecule has 1 rings (SSSR count). The highest BCUT2D eigenvalue weighted by molar-refractivity contribution is 5.69. The summed E-state index contributed by atoms with van der Waals surface area (Å²) in [5.74, 6) is -0.755. The first-order chi connectivity index (χ1) is 7.06. The zero-order valence-corrected chi connectivity index (χ0v) is 9.77. The van der Waals surface area contributed by atoms with E-state index in [0.717, 1.165) is 19.4 Å². The van der Waals surface area contributed by atoms with Gasteiger partial charge in [0, 0.05) is 18.7 Å². The third-order valence-corrected chi connectivity index (χ3v) is 3.24. The van der Waals surface area contributed by atoms with Crippen molar-refractivity contribution in [2.45, 2.75) is 51.8 Å². The van der Waals surface area contributed by atoms with Crippen molar-refractivity contribution in [2.75, 3.05) is 13.2 Å². The van der Waals surface area contributed by atoms with Gasteiger partial charge in [0.15, 0.2) is 0 Å². The van der Waals surface area contributed by atoms with Crippen molar-refractivity contribution < 1.29 is 14.6 Å². The van der Waals surface area contributed by atoms with E-state index in [2.05, 4.69) is 18.7 Å². The summed E-state index contributed by atoms with van der Waals surface area (Å²) in [5, 5.41) is 8.89. The molecular formula is C11H21NO3. The van der Waals surface area contributed by atoms with Gasteiger partial charge in [0.1, 0.15) is 0 Å². The molecule has 0 aromatic rings. The van der Waals surface area contributed by atoms with Crippen molar-refractivity contribution in [3.05, 3.63) is 0 Å². The predicted octanol–water partition coefficient (Wildman–Crippen LogP) is 1.35. The molecule has 3 unspecified atom stereocenters. The molecule has 4 nitrogen and oxygen atoms in total. The summed E-state index contributed by atoms with van der Waals surface area (Å²) in [4.78, 5) is 12.9. The summed E-state index contributed by atoms with van der Waals surface area (Å²) in [5.41, 5.74) is 0. The van der Waals surface area contributed by atoms with Crippen LogP contribution in [0.4, 0.5) is 0 Å². The molecule has 0 bridgehead atoms. The van der Waals surface area contributed by atoms with Crippen LogP contribution in [0.5, 0.6) is 0 Å². The fraction of sp³-hybridized carbons (Fsp3) is 0.909. The van der Waals surface area contributed by atoms with E-state index >= 15 is 0 Å². The van der Waals surface area contributed by atoms with E-state index in [1.165, 1.54) is 0 Å². The van der Waals surface area contributed by atoms with Crippen molar-refractivity contribution >= 4 is 5.97 Å². The third-order valence-electron chi connectivity index (χ3n) is 3.24. The molecule has 0 aromatic carbocycles. The van der Waals surface area contributed by atoms with Crippen molar-refractivity contribution in [3.63, 3.8) is 0 Å². The lowest BCUT2D eigenvalue weighted by atomic mass is 10.1. The molecule has 1 saturated heterocycles. The molecular weight excluding hydrogens is 194 g/mol. The Balaban J connectivity index is 2.66. The van der Waals surface area contributed by atoms with Crippen LogP contribution in [0.15, 0.2) is 0 Å². The number of nitrogens with zero attached hydrogens (tertiary/aromatic N) is 1. The van der Waals surface area contributed by atoms with Crippen LogP contribution in [0.1, 0.15) is 33.6 Å². The van der Waals surface area contributed by atoms with Gasteiger partial charge in [0.25, 0.3) is 0 Å². The van der Waals surface area contributed by atoms with Gasteiger partial charge >= 0.3 is 5.97 Å². The maximum atomic E-state index is 10.8. The van der Waals surface area contributed by atoms with Crippen molar-refractivity contribution in [1.29, 1.82) is 0 Å². The number of aliphatic carboxylic acids is 1. The van der Waals surface area contributed by atoms with Crippen LogP contribution in [-0.2, 0) is 9.53 Å². The SMILES string of the molecule is CCC(C)N(CC(=O)O)C1CCOC1C. The monoisotopic (exact) mass is 215 g/mol. The first-order valence-electron chi connectivity index (χ1n) is 5.65. The largest absolute Gasteiger partial charge is 0.480 e. The van der Waals surface area contributed by atoms with E-state index < -0.39 is 5.97 Å². The number of carboxylic acids is 1. The smallest absolute Gasteiger partial charge is 0.317 e. The number of carboxylic acid groups (broad SMARTS) is 1. The molecule has 15 heavy (non-hydrogen) atoms. The number of hydrogen-bond donors (Lipinski definition) is 1. The Morgan fingerprint density at radius 3 is 2.73 bits per heavy atom. The summed E-state index contributed by atoms with van der Waals surface area (Å²) in [6.07, 6.45) is 2.06. The van der Waals surface area contributed by atoms with Gasteiger partial charge in [0.05, 0.1) is 12.6 Å². The van der Waals surface area contributed by atoms with Crippen LogP contribution in [0.3, 0.4) is 0 Å². The topological polar surface area (TPSA) is 49.8 Å². The summed E-state index contributed by atoms with van der Waals surface area (Å²) in [7, 11) is 0. The number of hydrogen-bond acceptors (Lipinski definition) is 3. The molecule has 1 aliphatic rings. The molecule has 1 heterocycles. The number of carbonyl (C=O) groups is 1. The molecule has 0 aliphatic carbocycles. The molecule has 0 aromatic heterocycles. The fourth-order valence-corrected chi connectivity index (χ4v) is 2.15. The van der Waals surface area contributed by atoms with Gasteiger partial charge < -0.3 is 9.84 Å². The Hall–Kier alpha value is -0.610. The second kappa shape index (κ2) is 5.47. The van der Waals surface area contributed by atoms with E-state index in [0.29, 0.717) is 6.04 Å². The Bertz CT molecular complexity index is 220. The lowest BCUT2D eigenvalue weighted by molar-refractivity contribution is -0.140. The van der Waals surface area contributed by atoms with Crippen LogP contribution in [-0.4, -0.2) is 47.3 Å². The first kappa shape index (κ1) is 12.5. The fourth-order valence-electron chi connectivity index (χ4n) is 2.15. The maximum Gasteiger partial charge on any atom is 0.317 e. The van der Waals surface area contributed by atoms with Crippen LogP contribution >= 0.6 is 0 Å². The summed E-state index contributed by atoms with van der Waals surface area (Å²) < 4.78 is 5.49. The van der Waals surface area contributed by atoms with E-state index in [1.54, 1.807) is 0 Å². The van der Waals surface area contributed by atoms with Gasteiger partial charge in [-0.1, -0.05) is 6.92 Å². The van der Waals surface area contributed by atoms with Crippen molar-refractivity contribution in [2.24, 2.45) is 0 Å². The lowest BCUT2D eigenvalue weighted by Crippen LogP contribution is -2.47. The number of ether oxygens (including phenoxy) is 1. The van der Waals surface area contributed by atoms with Crippen molar-refractivity contribution in [3.8, 4) is 0 Å². The third kappa shape index (κ3) is 3.18. The zero-order valence-electron chi connectivity index (χ0n) is 9.77. The van der Waals surface area contributed by atoms with Gasteiger partial charge in [0.2, 0.25) is 0 Å². The van der Waals surface area contributed by atoms with E-state index in [4.69, 9.17) is 9.84 Å². The van der Waals surface area contributed by atoms with Crippen molar-refractivity contribution in [1.82, 2.24) is 4.90 Å². The van der Waals surface area contributed by atoms with Gasteiger partial charge in [-0.15, -0.1) is 0 Å². The molecule has 0 spiro atoms. The lowest BCUT2D eigenvalue weighted by Gasteiger charge is -2.34. The Labute approximate surface area is 91.2 Å². The Morgan fingerprint density at radius 1 is 1.67 bits per heavy atom. The molecule has 3 atom stereocenters. The van der Waals surface area contributed by atoms with E-state index in [9.17, 15) is 4.79 Å². The van der Waals surface area contributed by atoms with E-state index in [-0.39, 0.29) is 18.7 Å². The minimum Gasteiger partial charge on any atom is -0.480 e. The average molecular weight is 215 g/mol. The summed E-state index contributed by atoms with van der Waals surface area (Å²) in [6, 6.07) is 0.561. The molecule has 1 fully saturated rings. The minimum absolute atomic E-state index is 0.118. The molecule has 4 heteroatoms. The molecule has 0 amide bonds. The molecule has 0 saturated carbocycles. The Kier molecular flexibility index (Phi) is 4.54. The highest BCUT2D eigenvalue weighted by atomic mass is 16.5. The second-order valence-corrected chi connectivity index (χ2v) is 4.26. The van der Waals surface area contributed by atoms with Crippen LogP contribution in [0, 0.1) is 0 Å². The average Bonchev–Trinajstić information content (AvgIpc) is 2.59. The number of rotatable bonds is 5. The standard InChI is InChI=1S/C11H21NO3/c1-4-8(2)12(7-11(13)14)10-5-6-15-9(10)3/h8-10H,4-7H2,1-3H3,(H,13,14). The summed E-state index contributed by atoms with van der Waals surface area (Å²) >= 11 is 0. The molecule has 0 radical (unpaired) electrons. The van der Waals surface area contributed by atoms with Crippen LogP contribution in [0.2, 0.25) is 0 Å². The highest BCUT2D eigenvalue weighted by Crippen LogP contribution is 2.22. The maximum absolute atomic E-state index is 10.8. The predicted molar refractivity (Wildman–Crippen MR) is 57.9 cm³/mol. The molecule has 88 valence electrons. The van der Waals surface area contributed by atoms with Gasteiger partial charge in [-0.25, -0.2) is 0 Å². The highest BCUT2D eigenvalue weighted by Gasteiger charge is 2.33. The zero-order chi connectivity index (χ0) is 11.4. The quantitative estimate of drug-likeness (QED) is 0.752. The second-order valence-electron chi connectivity index (χ2n) is 4.26. The van der Waals surface area contributed by atoms with E-state index in [1.807, 2.05) is 6.92 Å². The Morgan fingerprint density at radius 2 is 2.33 bits per heavy atom. The molecule has 1 aliphatic heterocycles. The summed E-state index contributed by atoms with van der Waals surface area (Å²) in [6.45, 7) is 7.05. The first-order valence-corrected chi connectivity index (χ1v) is 5.65. The van der Waals surface area contributed by atoms with Crippen LogP contribution in [0.25, 0.3) is 0 Å². The van der Waals surface area contributed by atoms with Gasteiger partial charge in [-0.05, 0) is 26.7 Å². The van der Waals surface area contributed by atoms with Gasteiger partial charge in [-0.3, -0.25) is 9.69 Å². The molecule has 1 N–H and O–H groups in total. The van der Waals surface area contributed by atoms with Gasteiger partial charge in [-0.2, -0.15) is 0 Å². The normalized spacial score (nSPS) is 28.3. The minimum atomic E-state index is -0.755. The van der Waals surface area contributed by atoms with Crippen LogP contribution < -0.4 is 0 Å².